The van der Waals surface area contributed by atoms with E-state index in [0.29, 0.717) is 25.7 Å². The Morgan fingerprint density at radius 3 is 1.37 bits per heavy atom. The van der Waals surface area contributed by atoms with Gasteiger partial charge in [0.05, 0.1) is 0 Å². The molecule has 0 amide bonds. The van der Waals surface area contributed by atoms with Crippen molar-refractivity contribution in [3.8, 4) is 0 Å². The van der Waals surface area contributed by atoms with E-state index in [1.54, 1.807) is 0 Å². The van der Waals surface area contributed by atoms with Gasteiger partial charge >= 0.3 is 0 Å². The Kier molecular flexibility index (Phi) is 5.87. The molecule has 2 rings (SSSR count). The second-order valence-corrected chi connectivity index (χ2v) is 12.3. The van der Waals surface area contributed by atoms with Crippen LogP contribution in [0.25, 0.3) is 0 Å². The van der Waals surface area contributed by atoms with E-state index >= 15 is 0 Å². The Hall–Kier alpha value is -0.290. The molecule has 9 heteroatoms. The maximum atomic E-state index is 12.8. The molecule has 2 heterocycles. The molecule has 0 saturated carbocycles. The van der Waals surface area contributed by atoms with E-state index in [2.05, 4.69) is 9.44 Å². The SMILES string of the molecule is CC1(C)CC(NS(=O)(=O)NC2CC(C)(C)N(O)C(C)(C)C2)CC(C)(C)N1[O]. The second-order valence-electron chi connectivity index (χ2n) is 10.8. The van der Waals surface area contributed by atoms with Crippen LogP contribution >= 0.6 is 0 Å². The van der Waals surface area contributed by atoms with Gasteiger partial charge in [0.2, 0.25) is 0 Å². The molecular formula is C18H37N4O4S. The lowest BCUT2D eigenvalue weighted by atomic mass is 9.79. The Morgan fingerprint density at radius 2 is 1.04 bits per heavy atom. The van der Waals surface area contributed by atoms with Gasteiger partial charge in [0.1, 0.15) is 0 Å². The second kappa shape index (κ2) is 6.90. The summed E-state index contributed by atoms with van der Waals surface area (Å²) in [6, 6.07) is -0.590. The third-order valence-corrected chi connectivity index (χ3v) is 7.16. The van der Waals surface area contributed by atoms with Gasteiger partial charge in [-0.15, -0.1) is 10.3 Å². The van der Waals surface area contributed by atoms with E-state index < -0.39 is 32.4 Å². The molecule has 0 aliphatic carbocycles. The maximum absolute atomic E-state index is 12.8. The van der Waals surface area contributed by atoms with Crippen LogP contribution in [0.15, 0.2) is 0 Å². The zero-order valence-corrected chi connectivity index (χ0v) is 18.8. The predicted molar refractivity (Wildman–Crippen MR) is 104 cm³/mol. The van der Waals surface area contributed by atoms with E-state index in [1.165, 1.54) is 5.06 Å². The van der Waals surface area contributed by atoms with Gasteiger partial charge in [-0.25, -0.2) is 0 Å². The van der Waals surface area contributed by atoms with Crippen molar-refractivity contribution in [2.75, 3.05) is 0 Å². The minimum atomic E-state index is -3.74. The first kappa shape index (κ1) is 23.0. The van der Waals surface area contributed by atoms with Crippen molar-refractivity contribution in [1.82, 2.24) is 19.6 Å². The summed E-state index contributed by atoms with van der Waals surface area (Å²) in [5, 5.41) is 25.3. The summed E-state index contributed by atoms with van der Waals surface area (Å²) in [5.74, 6) is 0. The lowest BCUT2D eigenvalue weighted by Crippen LogP contribution is -2.65. The van der Waals surface area contributed by atoms with Crippen LogP contribution in [-0.4, -0.2) is 58.0 Å². The summed E-state index contributed by atoms with van der Waals surface area (Å²) in [6.45, 7) is 15.0. The van der Waals surface area contributed by atoms with Crippen LogP contribution in [0, 0.1) is 0 Å². The zero-order chi connectivity index (χ0) is 21.1. The molecule has 159 valence electrons. The number of hydrogen-bond donors (Lipinski definition) is 3. The third-order valence-electron chi connectivity index (χ3n) is 5.87. The highest BCUT2D eigenvalue weighted by atomic mass is 32.2. The molecule has 2 saturated heterocycles. The highest BCUT2D eigenvalue weighted by Crippen LogP contribution is 2.38. The van der Waals surface area contributed by atoms with Crippen molar-refractivity contribution < 1.29 is 18.8 Å². The number of piperidine rings is 2. The Labute approximate surface area is 164 Å². The first-order chi connectivity index (χ1) is 11.9. The summed E-state index contributed by atoms with van der Waals surface area (Å²) >= 11 is 0. The molecule has 0 unspecified atom stereocenters. The van der Waals surface area contributed by atoms with Crippen LogP contribution in [0.1, 0.15) is 81.1 Å². The van der Waals surface area contributed by atoms with Crippen LogP contribution in [-0.2, 0) is 15.4 Å². The largest absolute Gasteiger partial charge is 0.313 e. The standard InChI is InChI=1S/C18H37N4O4S/c1-15(2)9-13(10-16(3,4)21(15)23)19-27(25,26)20-14-11-17(5,6)22(24)18(7,8)12-14/h13-14,19-20,23H,9-12H2,1-8H3. The lowest BCUT2D eigenvalue weighted by Gasteiger charge is -2.51. The Morgan fingerprint density at radius 1 is 0.741 bits per heavy atom. The van der Waals surface area contributed by atoms with Gasteiger partial charge in [-0.3, -0.25) is 0 Å². The molecule has 8 nitrogen and oxygen atoms in total. The van der Waals surface area contributed by atoms with E-state index in [0.717, 1.165) is 5.06 Å². The molecule has 0 spiro atoms. The molecular weight excluding hydrogens is 368 g/mol. The summed E-state index contributed by atoms with van der Waals surface area (Å²) in [7, 11) is -3.74. The monoisotopic (exact) mass is 405 g/mol. The molecule has 2 fully saturated rings. The Balaban J connectivity index is 2.09. The van der Waals surface area contributed by atoms with Gasteiger partial charge < -0.3 is 5.21 Å². The average Bonchev–Trinajstić information content (AvgIpc) is 2.39. The van der Waals surface area contributed by atoms with Crippen LogP contribution in [0.3, 0.4) is 0 Å². The van der Waals surface area contributed by atoms with Gasteiger partial charge in [0.25, 0.3) is 10.2 Å². The van der Waals surface area contributed by atoms with Gasteiger partial charge in [0, 0.05) is 34.2 Å². The molecule has 3 N–H and O–H groups in total. The van der Waals surface area contributed by atoms with Gasteiger partial charge in [-0.2, -0.15) is 22.9 Å². The minimum absolute atomic E-state index is 0.281. The minimum Gasteiger partial charge on any atom is -0.313 e. The highest BCUT2D eigenvalue weighted by molar-refractivity contribution is 7.87. The van der Waals surface area contributed by atoms with Gasteiger partial charge in [-0.05, 0) is 81.1 Å². The van der Waals surface area contributed by atoms with Crippen LogP contribution in [0.2, 0.25) is 0 Å². The van der Waals surface area contributed by atoms with Crippen molar-refractivity contribution >= 4 is 10.2 Å². The summed E-state index contributed by atoms with van der Waals surface area (Å²) in [5.41, 5.74) is -2.35. The third kappa shape index (κ3) is 5.01. The number of hydrogen-bond acceptors (Lipinski definition) is 5. The predicted octanol–water partition coefficient (Wildman–Crippen LogP) is 2.19. The number of nitrogens with zero attached hydrogens (tertiary/aromatic N) is 2. The van der Waals surface area contributed by atoms with Gasteiger partial charge in [0.15, 0.2) is 0 Å². The summed E-state index contributed by atoms with van der Waals surface area (Å²) in [4.78, 5) is 0. The van der Waals surface area contributed by atoms with Crippen molar-refractivity contribution in [2.24, 2.45) is 0 Å². The van der Waals surface area contributed by atoms with Crippen molar-refractivity contribution in [2.45, 2.75) is 115 Å². The highest BCUT2D eigenvalue weighted by Gasteiger charge is 2.48. The van der Waals surface area contributed by atoms with Crippen molar-refractivity contribution in [3.05, 3.63) is 0 Å². The molecule has 0 aromatic carbocycles. The van der Waals surface area contributed by atoms with Crippen molar-refractivity contribution in [1.29, 1.82) is 0 Å². The molecule has 2 aliphatic rings. The smallest absolute Gasteiger partial charge is 0.277 e. The number of nitrogens with one attached hydrogen (secondary N) is 2. The molecule has 27 heavy (non-hydrogen) atoms. The topological polar surface area (TPSA) is 105 Å². The maximum Gasteiger partial charge on any atom is 0.277 e. The summed E-state index contributed by atoms with van der Waals surface area (Å²) < 4.78 is 31.1. The van der Waals surface area contributed by atoms with E-state index in [9.17, 15) is 18.8 Å². The molecule has 0 bridgehead atoms. The van der Waals surface area contributed by atoms with E-state index in [-0.39, 0.29) is 12.1 Å². The van der Waals surface area contributed by atoms with Crippen LogP contribution in [0.4, 0.5) is 0 Å². The molecule has 0 aromatic rings. The normalized spacial score (nSPS) is 29.7. The molecule has 0 aromatic heterocycles. The Bertz CT molecular complexity index is 574. The first-order valence-electron chi connectivity index (χ1n) is 9.64. The zero-order valence-electron chi connectivity index (χ0n) is 18.0. The van der Waals surface area contributed by atoms with Gasteiger partial charge in [-0.1, -0.05) is 0 Å². The fourth-order valence-electron chi connectivity index (χ4n) is 5.17. The lowest BCUT2D eigenvalue weighted by molar-refractivity contribution is -0.289. The van der Waals surface area contributed by atoms with Crippen LogP contribution < -0.4 is 9.44 Å². The number of hydroxylamine groups is 4. The molecule has 1 radical (unpaired) electrons. The quantitative estimate of drug-likeness (QED) is 0.665. The van der Waals surface area contributed by atoms with E-state index in [1.807, 2.05) is 55.4 Å². The fourth-order valence-corrected chi connectivity index (χ4v) is 6.45. The average molecular weight is 406 g/mol. The fraction of sp³-hybridized carbons (Fsp3) is 1.00. The van der Waals surface area contributed by atoms with E-state index in [4.69, 9.17) is 0 Å². The van der Waals surface area contributed by atoms with Crippen LogP contribution in [0.5, 0.6) is 0 Å². The van der Waals surface area contributed by atoms with Crippen molar-refractivity contribution in [3.63, 3.8) is 0 Å². The molecule has 0 atom stereocenters. The summed E-state index contributed by atoms with van der Waals surface area (Å²) in [6.07, 6.45) is 1.91. The molecule has 2 aliphatic heterocycles. The number of rotatable bonds is 4. The first-order valence-corrected chi connectivity index (χ1v) is 11.1.